The summed E-state index contributed by atoms with van der Waals surface area (Å²) in [5.41, 5.74) is 4.36. The summed E-state index contributed by atoms with van der Waals surface area (Å²) in [4.78, 5) is 67.3. The number of rotatable bonds is 35. The van der Waals surface area contributed by atoms with E-state index in [4.69, 9.17) is 14.2 Å². The van der Waals surface area contributed by atoms with Gasteiger partial charge in [0.15, 0.2) is 0 Å². The fourth-order valence-corrected chi connectivity index (χ4v) is 19.6. The summed E-state index contributed by atoms with van der Waals surface area (Å²) in [6.45, 7) is 9.94. The number of ether oxygens (including phenoxy) is 3. The average molecular weight is 1350 g/mol. The van der Waals surface area contributed by atoms with Gasteiger partial charge in [-0.3, -0.25) is 9.59 Å². The number of carboxylic acid groups (broad SMARTS) is 1. The molecule has 0 radical (unpaired) electrons. The molecule has 0 aliphatic carbocycles. The van der Waals surface area contributed by atoms with Gasteiger partial charge in [0.2, 0.25) is 0 Å². The van der Waals surface area contributed by atoms with Crippen LogP contribution < -0.4 is 4.74 Å². The van der Waals surface area contributed by atoms with Crippen LogP contribution in [0, 0.1) is 0 Å². The van der Waals surface area contributed by atoms with Gasteiger partial charge in [0, 0.05) is 94.7 Å². The number of benzene rings is 2. The standard InChI is InChI=1S/C38H42O4S4.C36H38O4S4/c1-4-6-8-10-12-27-14-16-34(43-27)36-20-18-32(45-36)29-23-31(38(40)41-3)30(22-26(29)24-42-25-39)33-19-21-37(46-33)35-17-15-28(44-35)13-11-9-7-5-2;1-3-5-7-9-11-24-13-15-32(41-24)34-19-17-30(43-34)26-22-29(40-23-37)28(21-27(26)36(38)39)31-18-20-35(44-31)33-16-14-25(42-33)12-10-8-6-4-2/h14-23,25H,4-13,24H2,1-3H3;13-23H,3-12H2,1-2H3,(H,38,39). The van der Waals surface area contributed by atoms with Crippen molar-refractivity contribution in [2.45, 2.75) is 163 Å². The highest BCUT2D eigenvalue weighted by molar-refractivity contribution is 7.25. The lowest BCUT2D eigenvalue weighted by molar-refractivity contribution is -0.129. The molecule has 0 unspecified atom stereocenters. The van der Waals surface area contributed by atoms with Crippen molar-refractivity contribution in [1.82, 2.24) is 0 Å². The maximum atomic E-state index is 13.2. The summed E-state index contributed by atoms with van der Waals surface area (Å²) in [7, 11) is 1.42. The van der Waals surface area contributed by atoms with Crippen LogP contribution in [-0.2, 0) is 51.4 Å². The number of carbonyl (C=O) groups is 4. The van der Waals surface area contributed by atoms with E-state index in [1.807, 2.05) is 58.3 Å². The van der Waals surface area contributed by atoms with Crippen molar-refractivity contribution < 1.29 is 38.5 Å². The van der Waals surface area contributed by atoms with Crippen molar-refractivity contribution in [3.8, 4) is 86.5 Å². The van der Waals surface area contributed by atoms with Crippen molar-refractivity contribution in [2.24, 2.45) is 0 Å². The molecular formula is C74H80O8S8. The van der Waals surface area contributed by atoms with Gasteiger partial charge in [-0.25, -0.2) is 9.59 Å². The van der Waals surface area contributed by atoms with E-state index in [1.54, 1.807) is 68.8 Å². The second-order valence-electron chi connectivity index (χ2n) is 22.3. The maximum absolute atomic E-state index is 13.2. The fourth-order valence-electron chi connectivity index (χ4n) is 10.8. The van der Waals surface area contributed by atoms with Gasteiger partial charge >= 0.3 is 11.9 Å². The van der Waals surface area contributed by atoms with E-state index in [2.05, 4.69) is 113 Å². The molecule has 0 aliphatic rings. The number of aromatic carboxylic acids is 1. The third kappa shape index (κ3) is 18.4. The Labute approximate surface area is 563 Å². The molecule has 0 saturated carbocycles. The Bertz CT molecular complexity index is 3910. The van der Waals surface area contributed by atoms with Crippen LogP contribution in [0.25, 0.3) is 80.8 Å². The first-order chi connectivity index (χ1) is 44.0. The van der Waals surface area contributed by atoms with Crippen LogP contribution in [0.1, 0.15) is 176 Å². The predicted octanol–water partition coefficient (Wildman–Crippen LogP) is 24.4. The third-order valence-corrected chi connectivity index (χ3v) is 25.5. The largest absolute Gasteiger partial charge is 0.478 e. The number of thiophene rings is 8. The van der Waals surface area contributed by atoms with Crippen LogP contribution in [0.3, 0.4) is 0 Å². The van der Waals surface area contributed by atoms with E-state index in [9.17, 15) is 24.3 Å². The molecule has 16 heteroatoms. The third-order valence-electron chi connectivity index (χ3n) is 15.7. The number of methoxy groups -OCH3 is 1. The lowest BCUT2D eigenvalue weighted by atomic mass is 9.96. The number of unbranched alkanes of at least 4 members (excludes halogenated alkanes) is 12. The summed E-state index contributed by atoms with van der Waals surface area (Å²) in [6, 6.07) is 41.4. The predicted molar refractivity (Wildman–Crippen MR) is 387 cm³/mol. The van der Waals surface area contributed by atoms with Gasteiger partial charge in [-0.2, -0.15) is 0 Å². The molecule has 472 valence electrons. The van der Waals surface area contributed by atoms with E-state index in [0.29, 0.717) is 35.4 Å². The Hall–Kier alpha value is -6.08. The Kier molecular flexibility index (Phi) is 26.6. The molecule has 0 fully saturated rings. The van der Waals surface area contributed by atoms with E-state index >= 15 is 0 Å². The molecule has 0 spiro atoms. The number of hydrogen-bond acceptors (Lipinski definition) is 15. The smallest absolute Gasteiger partial charge is 0.338 e. The summed E-state index contributed by atoms with van der Waals surface area (Å²) in [6.07, 6.45) is 24.4. The van der Waals surface area contributed by atoms with Crippen LogP contribution in [0.5, 0.6) is 5.75 Å². The molecule has 0 bridgehead atoms. The van der Waals surface area contributed by atoms with Crippen LogP contribution in [0.15, 0.2) is 121 Å². The van der Waals surface area contributed by atoms with Gasteiger partial charge in [0.25, 0.3) is 12.9 Å². The van der Waals surface area contributed by atoms with E-state index < -0.39 is 5.97 Å². The van der Waals surface area contributed by atoms with Crippen molar-refractivity contribution in [2.75, 3.05) is 7.11 Å². The molecule has 10 rings (SSSR count). The lowest BCUT2D eigenvalue weighted by Gasteiger charge is -2.14. The van der Waals surface area contributed by atoms with E-state index in [1.165, 1.54) is 159 Å². The van der Waals surface area contributed by atoms with Crippen LogP contribution in [0.2, 0.25) is 0 Å². The van der Waals surface area contributed by atoms with Crippen molar-refractivity contribution >= 4 is 116 Å². The molecule has 0 atom stereocenters. The molecule has 0 aliphatic heterocycles. The monoisotopic (exact) mass is 1350 g/mol. The molecule has 8 nitrogen and oxygen atoms in total. The van der Waals surface area contributed by atoms with Crippen molar-refractivity contribution in [1.29, 1.82) is 0 Å². The first kappa shape index (κ1) is 68.3. The molecule has 0 saturated heterocycles. The van der Waals surface area contributed by atoms with E-state index in [-0.39, 0.29) is 18.1 Å². The second-order valence-corrected chi connectivity index (χ2v) is 31.3. The fraction of sp³-hybridized carbons (Fsp3) is 0.351. The zero-order chi connectivity index (χ0) is 63.2. The van der Waals surface area contributed by atoms with Gasteiger partial charge in [-0.05, 0) is 184 Å². The first-order valence-corrected chi connectivity index (χ1v) is 38.2. The normalized spacial score (nSPS) is 11.2. The summed E-state index contributed by atoms with van der Waals surface area (Å²) >= 11 is 13.8. The summed E-state index contributed by atoms with van der Waals surface area (Å²) in [5, 5.41) is 10.3. The van der Waals surface area contributed by atoms with E-state index in [0.717, 1.165) is 71.6 Å². The van der Waals surface area contributed by atoms with Crippen molar-refractivity contribution in [3.63, 3.8) is 0 Å². The maximum Gasteiger partial charge on any atom is 0.338 e. The number of carboxylic acids is 1. The zero-order valence-corrected chi connectivity index (χ0v) is 58.7. The summed E-state index contributed by atoms with van der Waals surface area (Å²) in [5.74, 6) is -1.04. The molecule has 8 aromatic heterocycles. The molecule has 8 heterocycles. The van der Waals surface area contributed by atoms with Crippen LogP contribution in [0.4, 0.5) is 0 Å². The highest BCUT2D eigenvalue weighted by atomic mass is 32.1. The van der Waals surface area contributed by atoms with Crippen LogP contribution >= 0.6 is 90.7 Å². The van der Waals surface area contributed by atoms with Crippen molar-refractivity contribution in [3.05, 3.63) is 158 Å². The molecule has 10 aromatic rings. The van der Waals surface area contributed by atoms with Gasteiger partial charge in [0.05, 0.1) is 18.2 Å². The average Bonchev–Trinajstić information content (AvgIpc) is 1.54. The Balaban J connectivity index is 0.000000214. The molecule has 2 aromatic carbocycles. The highest BCUT2D eigenvalue weighted by Gasteiger charge is 2.24. The Morgan fingerprint density at radius 2 is 0.711 bits per heavy atom. The minimum atomic E-state index is -1.01. The number of esters is 1. The van der Waals surface area contributed by atoms with Crippen LogP contribution in [-0.4, -0.2) is 37.1 Å². The quantitative estimate of drug-likeness (QED) is 0.0237. The highest BCUT2D eigenvalue weighted by Crippen LogP contribution is 2.48. The topological polar surface area (TPSA) is 116 Å². The first-order valence-electron chi connectivity index (χ1n) is 31.6. The lowest BCUT2D eigenvalue weighted by Crippen LogP contribution is -2.06. The minimum Gasteiger partial charge on any atom is -0.478 e. The molecule has 0 amide bonds. The minimum absolute atomic E-state index is 0.117. The van der Waals surface area contributed by atoms with Gasteiger partial charge in [-0.15, -0.1) is 90.7 Å². The second kappa shape index (κ2) is 35.1. The number of carbonyl (C=O) groups excluding carboxylic acids is 3. The zero-order valence-electron chi connectivity index (χ0n) is 52.1. The molecular weight excluding hydrogens is 1270 g/mol. The number of hydrogen-bond donors (Lipinski definition) is 1. The Morgan fingerprint density at radius 3 is 1.07 bits per heavy atom. The SMILES string of the molecule is CCCCCCc1ccc(-c2ccc(-c3cc(C(=O)O)c(-c4ccc(-c5ccc(CCCCCC)s5)s4)cc3OC=O)s2)s1.CCCCCCc1ccc(-c2ccc(-c3cc(C(=O)OC)c(-c4ccc(-c5ccc(CCCCCC)s5)s4)cc3COC=O)s2)s1. The number of aryl methyl sites for hydroxylation is 4. The van der Waals surface area contributed by atoms with Gasteiger partial charge in [0.1, 0.15) is 12.4 Å². The Morgan fingerprint density at radius 1 is 0.378 bits per heavy atom. The molecule has 90 heavy (non-hydrogen) atoms. The van der Waals surface area contributed by atoms with Gasteiger partial charge in [-0.1, -0.05) is 105 Å². The summed E-state index contributed by atoms with van der Waals surface area (Å²) < 4.78 is 16.0. The molecule has 1 N–H and O–H groups in total. The van der Waals surface area contributed by atoms with Gasteiger partial charge < -0.3 is 19.3 Å².